The summed E-state index contributed by atoms with van der Waals surface area (Å²) in [5, 5.41) is 0. The van der Waals surface area contributed by atoms with Crippen LogP contribution in [0, 0.1) is 5.92 Å². The Morgan fingerprint density at radius 1 is 0.897 bits per heavy atom. The predicted molar refractivity (Wildman–Crippen MR) is 111 cm³/mol. The summed E-state index contributed by atoms with van der Waals surface area (Å²) in [6.45, 7) is 7.05. The molecule has 2 saturated heterocycles. The maximum atomic E-state index is 12.0. The molecule has 164 valence electrons. The summed E-state index contributed by atoms with van der Waals surface area (Å²) in [4.78, 5) is 20.0. The van der Waals surface area contributed by atoms with Crippen LogP contribution in [-0.4, -0.2) is 84.0 Å². The zero-order valence-electron chi connectivity index (χ0n) is 18.1. The molecule has 6 nitrogen and oxygen atoms in total. The number of carbonyl (C=O) groups excluding carboxylic acids is 1. The zero-order chi connectivity index (χ0) is 19.8. The first kappa shape index (κ1) is 20.2. The molecule has 0 bridgehead atoms. The lowest BCUT2D eigenvalue weighted by atomic mass is 9.87. The van der Waals surface area contributed by atoms with E-state index in [1.165, 1.54) is 64.7 Å². The van der Waals surface area contributed by atoms with E-state index in [9.17, 15) is 4.79 Å². The summed E-state index contributed by atoms with van der Waals surface area (Å²) in [5.41, 5.74) is 0. The molecule has 1 atom stereocenters. The van der Waals surface area contributed by atoms with Crippen LogP contribution in [0.3, 0.4) is 0 Å². The lowest BCUT2D eigenvalue weighted by molar-refractivity contribution is -0.213. The number of ether oxygens (including phenoxy) is 2. The predicted octanol–water partition coefficient (Wildman–Crippen LogP) is 2.82. The largest absolute Gasteiger partial charge is 0.466 e. The van der Waals surface area contributed by atoms with Gasteiger partial charge in [-0.3, -0.25) is 19.5 Å². The average Bonchev–Trinajstić information content (AvgIpc) is 3.63. The van der Waals surface area contributed by atoms with Crippen molar-refractivity contribution in [2.75, 3.05) is 32.8 Å². The van der Waals surface area contributed by atoms with Crippen LogP contribution in [-0.2, 0) is 14.3 Å². The normalized spacial score (nSPS) is 33.0. The third kappa shape index (κ3) is 4.65. The fraction of sp³-hybridized carbons (Fsp3) is 0.957. The van der Waals surface area contributed by atoms with Crippen LogP contribution in [0.4, 0.5) is 0 Å². The van der Waals surface area contributed by atoms with Crippen molar-refractivity contribution >= 4 is 5.97 Å². The highest BCUT2D eigenvalue weighted by Gasteiger charge is 2.48. The second kappa shape index (κ2) is 8.81. The van der Waals surface area contributed by atoms with Crippen molar-refractivity contribution in [2.24, 2.45) is 5.92 Å². The van der Waals surface area contributed by atoms with E-state index >= 15 is 0 Å². The number of esters is 1. The topological polar surface area (TPSA) is 45.3 Å². The molecular weight excluding hydrogens is 366 g/mol. The lowest BCUT2D eigenvalue weighted by Crippen LogP contribution is -2.67. The van der Waals surface area contributed by atoms with Gasteiger partial charge in [-0.25, -0.2) is 0 Å². The Kier molecular flexibility index (Phi) is 6.15. The minimum atomic E-state index is -0.00660. The molecule has 5 rings (SSSR count). The molecule has 0 aromatic rings. The maximum absolute atomic E-state index is 12.0. The van der Waals surface area contributed by atoms with Gasteiger partial charge >= 0.3 is 5.97 Å². The summed E-state index contributed by atoms with van der Waals surface area (Å²) >= 11 is 0. The third-order valence-electron chi connectivity index (χ3n) is 7.62. The minimum absolute atomic E-state index is 0.00660. The average molecular weight is 406 g/mol. The summed E-state index contributed by atoms with van der Waals surface area (Å²) in [6.07, 6.45) is 12.5. The molecule has 5 fully saturated rings. The van der Waals surface area contributed by atoms with E-state index in [0.717, 1.165) is 43.8 Å². The lowest BCUT2D eigenvalue weighted by Gasteiger charge is -2.51. The molecule has 0 aromatic carbocycles. The molecular formula is C23H39N3O3. The van der Waals surface area contributed by atoms with Gasteiger partial charge in [0.2, 0.25) is 0 Å². The molecule has 3 aliphatic carbocycles. The summed E-state index contributed by atoms with van der Waals surface area (Å²) < 4.78 is 12.0. The standard InChI is InChI=1S/C23H39N3O3/c1-2-28-22(27)17-5-11-21(12-6-17)29-23(24-13-3-4-14-24)25-15-20(16-25)26(18-7-8-18)19-9-10-19/h17-21,23H,2-16H2,1H3/t17-,21-,23?. The van der Waals surface area contributed by atoms with Gasteiger partial charge in [-0.05, 0) is 71.1 Å². The number of likely N-dealkylation sites (tertiary alicyclic amines) is 2. The number of hydrogen-bond acceptors (Lipinski definition) is 6. The Hall–Kier alpha value is -0.690. The maximum Gasteiger partial charge on any atom is 0.308 e. The monoisotopic (exact) mass is 405 g/mol. The van der Waals surface area contributed by atoms with Crippen LogP contribution in [0.5, 0.6) is 0 Å². The number of hydrogen-bond donors (Lipinski definition) is 0. The van der Waals surface area contributed by atoms with Gasteiger partial charge in [0.15, 0.2) is 6.35 Å². The first-order chi connectivity index (χ1) is 14.2. The fourth-order valence-corrected chi connectivity index (χ4v) is 5.73. The Morgan fingerprint density at radius 3 is 2.07 bits per heavy atom. The highest BCUT2D eigenvalue weighted by molar-refractivity contribution is 5.72. The van der Waals surface area contributed by atoms with Crippen molar-refractivity contribution in [3.63, 3.8) is 0 Å². The third-order valence-corrected chi connectivity index (χ3v) is 7.62. The molecule has 0 amide bonds. The Morgan fingerprint density at radius 2 is 1.52 bits per heavy atom. The van der Waals surface area contributed by atoms with Crippen LogP contribution in [0.15, 0.2) is 0 Å². The van der Waals surface area contributed by atoms with Gasteiger partial charge in [0.1, 0.15) is 0 Å². The van der Waals surface area contributed by atoms with Gasteiger partial charge in [-0.15, -0.1) is 0 Å². The van der Waals surface area contributed by atoms with Gasteiger partial charge < -0.3 is 9.47 Å². The molecule has 0 spiro atoms. The first-order valence-electron chi connectivity index (χ1n) is 12.3. The van der Waals surface area contributed by atoms with Gasteiger partial charge in [0.05, 0.1) is 18.6 Å². The first-order valence-corrected chi connectivity index (χ1v) is 12.3. The van der Waals surface area contributed by atoms with Gasteiger partial charge in [0.25, 0.3) is 0 Å². The van der Waals surface area contributed by atoms with E-state index < -0.39 is 0 Å². The number of rotatable bonds is 9. The van der Waals surface area contributed by atoms with Gasteiger partial charge in [-0.1, -0.05) is 0 Å². The van der Waals surface area contributed by atoms with Crippen LogP contribution in [0.25, 0.3) is 0 Å². The van der Waals surface area contributed by atoms with E-state index in [2.05, 4.69) is 14.7 Å². The molecule has 1 unspecified atom stereocenters. The minimum Gasteiger partial charge on any atom is -0.466 e. The van der Waals surface area contributed by atoms with Crippen molar-refractivity contribution < 1.29 is 14.3 Å². The summed E-state index contributed by atoms with van der Waals surface area (Å²) in [5.74, 6) is 0.0759. The Balaban J connectivity index is 1.14. The highest BCUT2D eigenvalue weighted by atomic mass is 16.5. The molecule has 5 aliphatic rings. The van der Waals surface area contributed by atoms with Crippen molar-refractivity contribution in [2.45, 2.75) is 102 Å². The van der Waals surface area contributed by atoms with Gasteiger partial charge in [-0.2, -0.15) is 0 Å². The van der Waals surface area contributed by atoms with Crippen LogP contribution < -0.4 is 0 Å². The molecule has 3 saturated carbocycles. The second-order valence-electron chi connectivity index (χ2n) is 9.95. The smallest absolute Gasteiger partial charge is 0.308 e. The van der Waals surface area contributed by atoms with E-state index in [4.69, 9.17) is 9.47 Å². The van der Waals surface area contributed by atoms with Crippen molar-refractivity contribution in [3.8, 4) is 0 Å². The Labute approximate surface area is 175 Å². The summed E-state index contributed by atoms with van der Waals surface area (Å²) in [7, 11) is 0. The van der Waals surface area contributed by atoms with Crippen LogP contribution in [0.2, 0.25) is 0 Å². The molecule has 2 heterocycles. The van der Waals surface area contributed by atoms with E-state index in [1.807, 2.05) is 6.92 Å². The Bertz CT molecular complexity index is 548. The molecule has 29 heavy (non-hydrogen) atoms. The van der Waals surface area contributed by atoms with Crippen molar-refractivity contribution in [3.05, 3.63) is 0 Å². The molecule has 0 N–H and O–H groups in total. The molecule has 6 heteroatoms. The van der Waals surface area contributed by atoms with Crippen molar-refractivity contribution in [1.82, 2.24) is 14.7 Å². The second-order valence-corrected chi connectivity index (χ2v) is 9.95. The number of nitrogens with zero attached hydrogens (tertiary/aromatic N) is 3. The van der Waals surface area contributed by atoms with Gasteiger partial charge in [0, 0.05) is 44.3 Å². The van der Waals surface area contributed by atoms with E-state index in [1.54, 1.807) is 0 Å². The van der Waals surface area contributed by atoms with Crippen molar-refractivity contribution in [1.29, 1.82) is 0 Å². The zero-order valence-corrected chi connectivity index (χ0v) is 18.1. The van der Waals surface area contributed by atoms with E-state index in [-0.39, 0.29) is 24.3 Å². The SMILES string of the molecule is CCOC(=O)[C@H]1CC[C@H](OC(N2CCCC2)N2CC(N(C3CC3)C3CC3)C2)CC1. The fourth-order valence-electron chi connectivity index (χ4n) is 5.73. The molecule has 0 radical (unpaired) electrons. The highest BCUT2D eigenvalue weighted by Crippen LogP contribution is 2.41. The van der Waals surface area contributed by atoms with Crippen LogP contribution >= 0.6 is 0 Å². The van der Waals surface area contributed by atoms with Crippen LogP contribution in [0.1, 0.15) is 71.1 Å². The number of carbonyl (C=O) groups is 1. The summed E-state index contributed by atoms with van der Waals surface area (Å²) in [6, 6.07) is 2.53. The van der Waals surface area contributed by atoms with E-state index in [0.29, 0.717) is 6.61 Å². The molecule has 0 aromatic heterocycles. The quantitative estimate of drug-likeness (QED) is 0.550. The molecule has 2 aliphatic heterocycles.